The molecular formula is C23H31N5O. The molecule has 0 saturated heterocycles. The van der Waals surface area contributed by atoms with E-state index in [1.807, 2.05) is 55.9 Å². The Morgan fingerprint density at radius 3 is 2.55 bits per heavy atom. The molecule has 0 saturated carbocycles. The van der Waals surface area contributed by atoms with Crippen molar-refractivity contribution in [1.29, 1.82) is 0 Å². The number of aryl methyl sites for hydroxylation is 2. The molecule has 2 aromatic heterocycles. The fourth-order valence-electron chi connectivity index (χ4n) is 3.78. The van der Waals surface area contributed by atoms with Gasteiger partial charge in [0.1, 0.15) is 0 Å². The minimum Gasteiger partial charge on any atom is -0.352 e. The number of rotatable bonds is 8. The molecule has 154 valence electrons. The molecule has 6 nitrogen and oxygen atoms in total. The molecule has 0 bridgehead atoms. The monoisotopic (exact) mass is 393 g/mol. The van der Waals surface area contributed by atoms with Crippen LogP contribution >= 0.6 is 0 Å². The van der Waals surface area contributed by atoms with Crippen molar-refractivity contribution in [3.05, 3.63) is 47.3 Å². The minimum absolute atomic E-state index is 0.0522. The first-order chi connectivity index (χ1) is 14.0. The molecule has 0 aliphatic heterocycles. The number of hydrogen-bond donors (Lipinski definition) is 1. The van der Waals surface area contributed by atoms with Crippen molar-refractivity contribution in [3.8, 4) is 11.3 Å². The molecule has 1 amide bonds. The van der Waals surface area contributed by atoms with Crippen molar-refractivity contribution in [2.45, 2.75) is 34.1 Å². The molecule has 2 heterocycles. The Morgan fingerprint density at radius 2 is 1.90 bits per heavy atom. The highest BCUT2D eigenvalue weighted by Gasteiger charge is 2.18. The number of nitrogens with one attached hydrogen (secondary N) is 1. The van der Waals surface area contributed by atoms with Gasteiger partial charge in [-0.1, -0.05) is 32.0 Å². The first kappa shape index (κ1) is 21.0. The number of carbonyl (C=O) groups is 1. The Balaban J connectivity index is 1.89. The molecule has 1 N–H and O–H groups in total. The lowest BCUT2D eigenvalue weighted by molar-refractivity contribution is 0.0953. The maximum absolute atomic E-state index is 13.0. The smallest absolute Gasteiger partial charge is 0.252 e. The second-order valence-electron chi connectivity index (χ2n) is 7.38. The molecule has 0 atom stereocenters. The highest BCUT2D eigenvalue weighted by atomic mass is 16.1. The van der Waals surface area contributed by atoms with E-state index in [2.05, 4.69) is 29.2 Å². The number of nitrogens with zero attached hydrogens (tertiary/aromatic N) is 4. The molecule has 3 aromatic rings. The summed E-state index contributed by atoms with van der Waals surface area (Å²) in [6, 6.07) is 9.71. The first-order valence-electron chi connectivity index (χ1n) is 10.4. The lowest BCUT2D eigenvalue weighted by atomic mass is 10.0. The van der Waals surface area contributed by atoms with Crippen LogP contribution in [0.1, 0.15) is 42.0 Å². The van der Waals surface area contributed by atoms with E-state index in [9.17, 15) is 4.79 Å². The topological polar surface area (TPSA) is 63.1 Å². The van der Waals surface area contributed by atoms with Gasteiger partial charge in [-0.2, -0.15) is 5.10 Å². The fourth-order valence-corrected chi connectivity index (χ4v) is 3.78. The number of hydrogen-bond acceptors (Lipinski definition) is 4. The van der Waals surface area contributed by atoms with E-state index in [0.29, 0.717) is 12.1 Å². The van der Waals surface area contributed by atoms with E-state index in [0.717, 1.165) is 59.6 Å². The molecule has 0 aliphatic rings. The van der Waals surface area contributed by atoms with E-state index >= 15 is 0 Å². The van der Waals surface area contributed by atoms with Crippen molar-refractivity contribution in [3.63, 3.8) is 0 Å². The maximum Gasteiger partial charge on any atom is 0.252 e. The van der Waals surface area contributed by atoms with E-state index in [-0.39, 0.29) is 5.91 Å². The summed E-state index contributed by atoms with van der Waals surface area (Å²) in [5, 5.41) is 8.47. The lowest BCUT2D eigenvalue weighted by Crippen LogP contribution is -2.30. The Labute approximate surface area is 172 Å². The van der Waals surface area contributed by atoms with E-state index in [1.54, 1.807) is 0 Å². The number of aromatic nitrogens is 3. The number of pyridine rings is 1. The molecule has 0 aliphatic carbocycles. The van der Waals surface area contributed by atoms with Crippen molar-refractivity contribution >= 4 is 16.8 Å². The largest absolute Gasteiger partial charge is 0.352 e. The highest BCUT2D eigenvalue weighted by Crippen LogP contribution is 2.29. The van der Waals surface area contributed by atoms with Gasteiger partial charge in [0.2, 0.25) is 0 Å². The Morgan fingerprint density at radius 1 is 1.17 bits per heavy atom. The highest BCUT2D eigenvalue weighted by molar-refractivity contribution is 6.07. The molecule has 1 aromatic carbocycles. The number of fused-ring (bicyclic) bond motifs is 1. The standard InChI is InChI=1S/C23H31N5O/c1-6-28(7-2)14-10-13-24-23(29)19-15-21(22-16(3)26-27(5)17(22)4)25-20-12-9-8-11-18(19)20/h8-9,11-12,15H,6-7,10,13-14H2,1-5H3,(H,24,29). The van der Waals surface area contributed by atoms with Crippen LogP contribution in [-0.2, 0) is 7.05 Å². The van der Waals surface area contributed by atoms with Crippen LogP contribution in [0, 0.1) is 13.8 Å². The minimum atomic E-state index is -0.0522. The summed E-state index contributed by atoms with van der Waals surface area (Å²) in [4.78, 5) is 20.2. The number of benzene rings is 1. The quantitative estimate of drug-likeness (QED) is 0.593. The second-order valence-corrected chi connectivity index (χ2v) is 7.38. The first-order valence-corrected chi connectivity index (χ1v) is 10.4. The van der Waals surface area contributed by atoms with Crippen LogP contribution in [0.2, 0.25) is 0 Å². The van der Waals surface area contributed by atoms with Gasteiger partial charge in [-0.3, -0.25) is 9.48 Å². The summed E-state index contributed by atoms with van der Waals surface area (Å²) in [6.45, 7) is 12.0. The van der Waals surface area contributed by atoms with Crippen molar-refractivity contribution in [2.24, 2.45) is 7.05 Å². The summed E-state index contributed by atoms with van der Waals surface area (Å²) >= 11 is 0. The third-order valence-electron chi connectivity index (χ3n) is 5.56. The van der Waals surface area contributed by atoms with Crippen LogP contribution in [0.3, 0.4) is 0 Å². The number of para-hydroxylation sites is 1. The molecule has 6 heteroatoms. The van der Waals surface area contributed by atoms with Gasteiger partial charge in [-0.15, -0.1) is 0 Å². The van der Waals surface area contributed by atoms with Gasteiger partial charge in [0.15, 0.2) is 0 Å². The zero-order valence-corrected chi connectivity index (χ0v) is 18.1. The zero-order valence-electron chi connectivity index (χ0n) is 18.1. The van der Waals surface area contributed by atoms with Crippen LogP contribution in [-0.4, -0.2) is 51.8 Å². The Kier molecular flexibility index (Phi) is 6.64. The molecule has 0 radical (unpaired) electrons. The van der Waals surface area contributed by atoms with Gasteiger partial charge in [-0.05, 0) is 52.0 Å². The Hall–Kier alpha value is -2.73. The summed E-state index contributed by atoms with van der Waals surface area (Å²) in [6.07, 6.45) is 0.935. The molecule has 0 spiro atoms. The van der Waals surface area contributed by atoms with Crippen LogP contribution < -0.4 is 5.32 Å². The lowest BCUT2D eigenvalue weighted by Gasteiger charge is -2.17. The normalized spacial score (nSPS) is 11.4. The van der Waals surface area contributed by atoms with Gasteiger partial charge in [0.05, 0.1) is 22.5 Å². The van der Waals surface area contributed by atoms with E-state index in [4.69, 9.17) is 4.98 Å². The van der Waals surface area contributed by atoms with Crippen LogP contribution in [0.5, 0.6) is 0 Å². The van der Waals surface area contributed by atoms with Crippen LogP contribution in [0.15, 0.2) is 30.3 Å². The summed E-state index contributed by atoms with van der Waals surface area (Å²) < 4.78 is 1.86. The number of carbonyl (C=O) groups excluding carboxylic acids is 1. The molecule has 0 fully saturated rings. The predicted molar refractivity (Wildman–Crippen MR) is 118 cm³/mol. The average Bonchev–Trinajstić information content (AvgIpc) is 2.98. The van der Waals surface area contributed by atoms with E-state index < -0.39 is 0 Å². The summed E-state index contributed by atoms with van der Waals surface area (Å²) in [7, 11) is 1.93. The van der Waals surface area contributed by atoms with Gasteiger partial charge < -0.3 is 10.2 Å². The van der Waals surface area contributed by atoms with Gasteiger partial charge in [0.25, 0.3) is 5.91 Å². The zero-order chi connectivity index (χ0) is 21.0. The number of amides is 1. The molecular weight excluding hydrogens is 362 g/mol. The van der Waals surface area contributed by atoms with Crippen molar-refractivity contribution < 1.29 is 4.79 Å². The van der Waals surface area contributed by atoms with Crippen molar-refractivity contribution in [2.75, 3.05) is 26.2 Å². The van der Waals surface area contributed by atoms with Crippen LogP contribution in [0.25, 0.3) is 22.2 Å². The Bertz CT molecular complexity index is 1000. The molecule has 29 heavy (non-hydrogen) atoms. The third kappa shape index (κ3) is 4.48. The maximum atomic E-state index is 13.0. The van der Waals surface area contributed by atoms with Gasteiger partial charge in [0, 0.05) is 30.2 Å². The SMILES string of the molecule is CCN(CC)CCCNC(=O)c1cc(-c2c(C)nn(C)c2C)nc2ccccc12. The fraction of sp³-hybridized carbons (Fsp3) is 0.435. The molecule has 0 unspecified atom stereocenters. The van der Waals surface area contributed by atoms with Gasteiger partial charge in [-0.25, -0.2) is 4.98 Å². The molecule has 3 rings (SSSR count). The average molecular weight is 394 g/mol. The summed E-state index contributed by atoms with van der Waals surface area (Å²) in [5.41, 5.74) is 5.22. The second kappa shape index (κ2) is 9.18. The van der Waals surface area contributed by atoms with Crippen LogP contribution in [0.4, 0.5) is 0 Å². The summed E-state index contributed by atoms with van der Waals surface area (Å²) in [5.74, 6) is -0.0522. The van der Waals surface area contributed by atoms with Gasteiger partial charge >= 0.3 is 0 Å². The van der Waals surface area contributed by atoms with E-state index in [1.165, 1.54) is 0 Å². The third-order valence-corrected chi connectivity index (χ3v) is 5.56. The van der Waals surface area contributed by atoms with Crippen molar-refractivity contribution in [1.82, 2.24) is 25.0 Å². The predicted octanol–water partition coefficient (Wildman–Crippen LogP) is 3.71.